The molecule has 2 aromatic carbocycles. The Morgan fingerprint density at radius 2 is 1.90 bits per heavy atom. The lowest BCUT2D eigenvalue weighted by Gasteiger charge is -2.14. The number of hydrogen-bond acceptors (Lipinski definition) is 3. The van der Waals surface area contributed by atoms with Gasteiger partial charge in [-0.1, -0.05) is 36.5 Å². The summed E-state index contributed by atoms with van der Waals surface area (Å²) in [6, 6.07) is 8.99. The van der Waals surface area contributed by atoms with Gasteiger partial charge < -0.3 is 16.2 Å². The monoisotopic (exact) mass is 324 g/mol. The highest BCUT2D eigenvalue weighted by Gasteiger charge is 2.09. The molecule has 21 heavy (non-hydrogen) atoms. The van der Waals surface area contributed by atoms with Gasteiger partial charge in [-0.05, 0) is 42.3 Å². The fourth-order valence-corrected chi connectivity index (χ4v) is 2.74. The molecule has 0 heterocycles. The Kier molecular flexibility index (Phi) is 5.21. The van der Waals surface area contributed by atoms with Crippen LogP contribution in [0.15, 0.2) is 30.3 Å². The lowest BCUT2D eigenvalue weighted by molar-refractivity contribution is 0.469. The second kappa shape index (κ2) is 6.92. The van der Waals surface area contributed by atoms with E-state index >= 15 is 0 Å². The molecule has 0 aliphatic carbocycles. The van der Waals surface area contributed by atoms with Gasteiger partial charge in [-0.3, -0.25) is 0 Å². The minimum Gasteiger partial charge on any atom is -0.506 e. The van der Waals surface area contributed by atoms with E-state index in [1.165, 1.54) is 6.07 Å². The first-order chi connectivity index (χ1) is 10.0. The molecule has 0 aliphatic rings. The van der Waals surface area contributed by atoms with Gasteiger partial charge in [0.2, 0.25) is 0 Å². The maximum Gasteiger partial charge on any atom is 0.139 e. The van der Waals surface area contributed by atoms with Gasteiger partial charge in [-0.25, -0.2) is 0 Å². The summed E-state index contributed by atoms with van der Waals surface area (Å²) >= 11 is 11.9. The number of phenolic OH excluding ortho intramolecular Hbond substituents is 1. The highest BCUT2D eigenvalue weighted by Crippen LogP contribution is 2.32. The van der Waals surface area contributed by atoms with Crippen molar-refractivity contribution < 1.29 is 5.11 Å². The molecule has 0 amide bonds. The summed E-state index contributed by atoms with van der Waals surface area (Å²) in [4.78, 5) is 0. The highest BCUT2D eigenvalue weighted by molar-refractivity contribution is 6.35. The van der Waals surface area contributed by atoms with Gasteiger partial charge in [-0.15, -0.1) is 0 Å². The van der Waals surface area contributed by atoms with E-state index in [1.807, 2.05) is 18.2 Å². The Hall–Kier alpha value is -1.58. The summed E-state index contributed by atoms with van der Waals surface area (Å²) in [5, 5.41) is 14.0. The molecule has 0 atom stereocenters. The zero-order valence-corrected chi connectivity index (χ0v) is 13.3. The Morgan fingerprint density at radius 1 is 1.14 bits per heavy atom. The van der Waals surface area contributed by atoms with Crippen LogP contribution in [0.1, 0.15) is 24.5 Å². The predicted molar refractivity (Wildman–Crippen MR) is 90.3 cm³/mol. The first kappa shape index (κ1) is 15.8. The number of aromatic hydroxyl groups is 1. The van der Waals surface area contributed by atoms with Crippen molar-refractivity contribution in [3.63, 3.8) is 0 Å². The van der Waals surface area contributed by atoms with Crippen LogP contribution in [0.3, 0.4) is 0 Å². The lowest BCUT2D eigenvalue weighted by atomic mass is 10.1. The van der Waals surface area contributed by atoms with E-state index in [-0.39, 0.29) is 10.8 Å². The topological polar surface area (TPSA) is 58.3 Å². The number of rotatable bonds is 5. The lowest BCUT2D eigenvalue weighted by Crippen LogP contribution is -2.04. The Labute approximate surface area is 134 Å². The number of benzene rings is 2. The number of nitrogens with two attached hydrogens (primary N) is 1. The van der Waals surface area contributed by atoms with Gasteiger partial charge in [0.15, 0.2) is 0 Å². The third-order valence-corrected chi connectivity index (χ3v) is 3.73. The average Bonchev–Trinajstić information content (AvgIpc) is 2.43. The summed E-state index contributed by atoms with van der Waals surface area (Å²) in [6.07, 6.45) is 1.97. The first-order valence-corrected chi connectivity index (χ1v) is 7.56. The molecule has 0 fully saturated rings. The van der Waals surface area contributed by atoms with Crippen LogP contribution in [-0.2, 0) is 13.0 Å². The van der Waals surface area contributed by atoms with E-state index in [4.69, 9.17) is 28.9 Å². The SMILES string of the molecule is CCCc1cc(N)ccc1NCc1cc(Cl)cc(Cl)c1O. The van der Waals surface area contributed by atoms with E-state index < -0.39 is 0 Å². The molecule has 0 spiro atoms. The Balaban J connectivity index is 2.20. The smallest absolute Gasteiger partial charge is 0.139 e. The third-order valence-electron chi connectivity index (χ3n) is 3.23. The zero-order chi connectivity index (χ0) is 15.4. The fourth-order valence-electron chi connectivity index (χ4n) is 2.21. The van der Waals surface area contributed by atoms with E-state index in [9.17, 15) is 5.11 Å². The molecule has 0 saturated heterocycles. The van der Waals surface area contributed by atoms with Crippen molar-refractivity contribution in [1.82, 2.24) is 0 Å². The van der Waals surface area contributed by atoms with Gasteiger partial charge in [0, 0.05) is 28.5 Å². The normalized spacial score (nSPS) is 10.6. The summed E-state index contributed by atoms with van der Waals surface area (Å²) in [5.74, 6) is 0.0565. The van der Waals surface area contributed by atoms with Gasteiger partial charge in [-0.2, -0.15) is 0 Å². The van der Waals surface area contributed by atoms with E-state index in [0.29, 0.717) is 17.1 Å². The summed E-state index contributed by atoms with van der Waals surface area (Å²) < 4.78 is 0. The maximum absolute atomic E-state index is 9.97. The second-order valence-corrected chi connectivity index (χ2v) is 5.76. The van der Waals surface area contributed by atoms with Crippen LogP contribution in [0.2, 0.25) is 10.0 Å². The molecular weight excluding hydrogens is 307 g/mol. The van der Waals surface area contributed by atoms with Gasteiger partial charge in [0.05, 0.1) is 5.02 Å². The van der Waals surface area contributed by atoms with Gasteiger partial charge >= 0.3 is 0 Å². The number of halogens is 2. The van der Waals surface area contributed by atoms with Crippen molar-refractivity contribution in [3.05, 3.63) is 51.5 Å². The molecule has 4 N–H and O–H groups in total. The van der Waals surface area contributed by atoms with Gasteiger partial charge in [0.1, 0.15) is 5.75 Å². The number of nitrogen functional groups attached to an aromatic ring is 1. The Bertz CT molecular complexity index is 644. The molecule has 3 nitrogen and oxygen atoms in total. The van der Waals surface area contributed by atoms with Crippen molar-refractivity contribution in [1.29, 1.82) is 0 Å². The van der Waals surface area contributed by atoms with Crippen LogP contribution in [0, 0.1) is 0 Å². The summed E-state index contributed by atoms with van der Waals surface area (Å²) in [5.41, 5.74) is 9.39. The van der Waals surface area contributed by atoms with Crippen molar-refractivity contribution in [2.45, 2.75) is 26.3 Å². The summed E-state index contributed by atoms with van der Waals surface area (Å²) in [7, 11) is 0. The van der Waals surface area contributed by atoms with Crippen molar-refractivity contribution in [3.8, 4) is 5.75 Å². The zero-order valence-electron chi connectivity index (χ0n) is 11.8. The molecule has 0 unspecified atom stereocenters. The summed E-state index contributed by atoms with van der Waals surface area (Å²) in [6.45, 7) is 2.56. The number of aryl methyl sites for hydroxylation is 1. The van der Waals surface area contributed by atoms with E-state index in [2.05, 4.69) is 12.2 Å². The van der Waals surface area contributed by atoms with Crippen molar-refractivity contribution in [2.24, 2.45) is 0 Å². The van der Waals surface area contributed by atoms with Crippen LogP contribution < -0.4 is 11.1 Å². The standard InChI is InChI=1S/C16H18Cl2N2O/c1-2-3-10-7-13(19)4-5-15(10)20-9-11-6-12(17)8-14(18)16(11)21/h4-8,20-21H,2-3,9,19H2,1H3. The van der Waals surface area contributed by atoms with E-state index in [1.54, 1.807) is 6.07 Å². The number of hydrogen-bond donors (Lipinski definition) is 3. The molecule has 0 aromatic heterocycles. The maximum atomic E-state index is 9.97. The number of phenols is 1. The molecule has 5 heteroatoms. The van der Waals surface area contributed by atoms with Crippen molar-refractivity contribution in [2.75, 3.05) is 11.1 Å². The molecule has 0 saturated carbocycles. The highest BCUT2D eigenvalue weighted by atomic mass is 35.5. The molecule has 112 valence electrons. The van der Waals surface area contributed by atoms with Crippen LogP contribution in [0.4, 0.5) is 11.4 Å². The molecule has 0 bridgehead atoms. The largest absolute Gasteiger partial charge is 0.506 e. The fraction of sp³-hybridized carbons (Fsp3) is 0.250. The Morgan fingerprint density at radius 3 is 2.62 bits per heavy atom. The second-order valence-electron chi connectivity index (χ2n) is 4.92. The molecule has 2 rings (SSSR count). The predicted octanol–water partition coefficient (Wildman–Crippen LogP) is 4.85. The van der Waals surface area contributed by atoms with E-state index in [0.717, 1.165) is 29.8 Å². The molecule has 0 radical (unpaired) electrons. The minimum absolute atomic E-state index is 0.0565. The molecular formula is C16H18Cl2N2O. The number of anilines is 2. The molecule has 0 aliphatic heterocycles. The van der Waals surface area contributed by atoms with Crippen LogP contribution in [0.5, 0.6) is 5.75 Å². The quantitative estimate of drug-likeness (QED) is 0.689. The van der Waals surface area contributed by atoms with Crippen LogP contribution in [-0.4, -0.2) is 5.11 Å². The van der Waals surface area contributed by atoms with Crippen LogP contribution in [0.25, 0.3) is 0 Å². The van der Waals surface area contributed by atoms with Crippen molar-refractivity contribution >= 4 is 34.6 Å². The average molecular weight is 325 g/mol. The number of nitrogens with one attached hydrogen (secondary N) is 1. The third kappa shape index (κ3) is 3.96. The first-order valence-electron chi connectivity index (χ1n) is 6.80. The molecule has 2 aromatic rings. The van der Waals surface area contributed by atoms with Gasteiger partial charge in [0.25, 0.3) is 0 Å². The minimum atomic E-state index is 0.0565. The van der Waals surface area contributed by atoms with Crippen LogP contribution >= 0.6 is 23.2 Å².